The van der Waals surface area contributed by atoms with Crippen molar-refractivity contribution in [1.82, 2.24) is 9.97 Å². The van der Waals surface area contributed by atoms with Gasteiger partial charge in [0.15, 0.2) is 6.39 Å². The van der Waals surface area contributed by atoms with Crippen LogP contribution in [0.3, 0.4) is 0 Å². The summed E-state index contributed by atoms with van der Waals surface area (Å²) in [4.78, 5) is 21.3. The van der Waals surface area contributed by atoms with Gasteiger partial charge in [-0.3, -0.25) is 4.79 Å². The zero-order chi connectivity index (χ0) is 21.7. The number of carbonyl (C=O) groups is 1. The molecule has 1 amide bonds. The number of hydrogen-bond acceptors (Lipinski definition) is 5. The van der Waals surface area contributed by atoms with Crippen molar-refractivity contribution in [2.24, 2.45) is 0 Å². The van der Waals surface area contributed by atoms with Gasteiger partial charge in [-0.1, -0.05) is 35.7 Å². The third-order valence-electron chi connectivity index (χ3n) is 4.82. The average molecular weight is 445 g/mol. The highest BCUT2D eigenvalue weighted by Gasteiger charge is 2.20. The highest BCUT2D eigenvalue weighted by molar-refractivity contribution is 6.36. The van der Waals surface area contributed by atoms with Gasteiger partial charge in [0.1, 0.15) is 11.6 Å². The monoisotopic (exact) mass is 444 g/mol. The fraction of sp³-hybridized carbons (Fsp3) is 0.227. The summed E-state index contributed by atoms with van der Waals surface area (Å²) in [5.74, 6) is 0.891. The van der Waals surface area contributed by atoms with Gasteiger partial charge >= 0.3 is 0 Å². The maximum atomic E-state index is 12.9. The van der Waals surface area contributed by atoms with Crippen molar-refractivity contribution in [3.63, 3.8) is 0 Å². The van der Waals surface area contributed by atoms with Crippen LogP contribution in [-0.2, 0) is 6.54 Å². The van der Waals surface area contributed by atoms with E-state index in [1.54, 1.807) is 30.5 Å². The van der Waals surface area contributed by atoms with E-state index in [1.807, 2.05) is 13.8 Å². The van der Waals surface area contributed by atoms with Crippen LogP contribution in [0.1, 0.15) is 48.9 Å². The summed E-state index contributed by atoms with van der Waals surface area (Å²) in [5.41, 5.74) is 3.72. The van der Waals surface area contributed by atoms with E-state index in [0.29, 0.717) is 39.4 Å². The Hall–Kier alpha value is -2.83. The Morgan fingerprint density at radius 2 is 1.87 bits per heavy atom. The number of anilines is 2. The van der Waals surface area contributed by atoms with Crippen molar-refractivity contribution in [1.29, 1.82) is 0 Å². The molecule has 30 heavy (non-hydrogen) atoms. The molecule has 2 heterocycles. The molecule has 0 fully saturated rings. The van der Waals surface area contributed by atoms with Crippen LogP contribution in [0.15, 0.2) is 53.0 Å². The van der Waals surface area contributed by atoms with E-state index in [2.05, 4.69) is 27.5 Å². The Morgan fingerprint density at radius 3 is 2.50 bits per heavy atom. The van der Waals surface area contributed by atoms with Crippen LogP contribution in [0.25, 0.3) is 5.57 Å². The van der Waals surface area contributed by atoms with Gasteiger partial charge in [0.2, 0.25) is 0 Å². The largest absolute Gasteiger partial charge is 0.447 e. The molecule has 8 heteroatoms. The second-order valence-electron chi connectivity index (χ2n) is 6.75. The molecule has 0 unspecified atom stereocenters. The van der Waals surface area contributed by atoms with E-state index in [0.717, 1.165) is 17.6 Å². The maximum Gasteiger partial charge on any atom is 0.258 e. The molecule has 2 aromatic heterocycles. The van der Waals surface area contributed by atoms with Crippen LogP contribution < -0.4 is 10.6 Å². The van der Waals surface area contributed by atoms with Crippen LogP contribution in [0, 0.1) is 0 Å². The van der Waals surface area contributed by atoms with E-state index in [4.69, 9.17) is 27.6 Å². The van der Waals surface area contributed by atoms with Crippen molar-refractivity contribution in [3.8, 4) is 0 Å². The van der Waals surface area contributed by atoms with Gasteiger partial charge in [-0.2, -0.15) is 0 Å². The summed E-state index contributed by atoms with van der Waals surface area (Å²) in [6.07, 6.45) is 5.32. The van der Waals surface area contributed by atoms with Crippen molar-refractivity contribution in [2.75, 3.05) is 10.6 Å². The summed E-state index contributed by atoms with van der Waals surface area (Å²) in [6.45, 7) is 6.47. The van der Waals surface area contributed by atoms with E-state index >= 15 is 0 Å². The number of amides is 1. The number of allylic oxidation sites excluding steroid dienone is 2. The molecule has 0 bridgehead atoms. The number of carbonyl (C=O) groups excluding carboxylic acids is 1. The second-order valence-corrected chi connectivity index (χ2v) is 7.57. The van der Waals surface area contributed by atoms with Gasteiger partial charge in [0.25, 0.3) is 5.91 Å². The maximum absolute atomic E-state index is 12.9. The standard InChI is InChI=1S/C22H22Cl2N4O2/c1-4-13(2)14(3)19-20(24)18(22(29)28-16-7-5-15(23)6-8-16)11-27-21(19)26-10-17-9-25-12-30-17/h5-9,11-12H,4,10H2,1-3H3,(H,26,27)(H,28,29). The number of benzene rings is 1. The molecular weight excluding hydrogens is 423 g/mol. The molecule has 2 N–H and O–H groups in total. The molecule has 3 rings (SSSR count). The van der Waals surface area contributed by atoms with Crippen molar-refractivity contribution in [2.45, 2.75) is 33.7 Å². The zero-order valence-corrected chi connectivity index (χ0v) is 18.4. The third kappa shape index (κ3) is 5.01. The minimum atomic E-state index is -0.347. The molecule has 0 aliphatic rings. The number of rotatable bonds is 7. The second kappa shape index (κ2) is 9.78. The Morgan fingerprint density at radius 1 is 1.13 bits per heavy atom. The lowest BCUT2D eigenvalue weighted by molar-refractivity contribution is 0.102. The number of hydrogen-bond donors (Lipinski definition) is 2. The highest BCUT2D eigenvalue weighted by atomic mass is 35.5. The summed E-state index contributed by atoms with van der Waals surface area (Å²) >= 11 is 12.6. The van der Waals surface area contributed by atoms with E-state index in [9.17, 15) is 4.79 Å². The predicted molar refractivity (Wildman–Crippen MR) is 121 cm³/mol. The first-order valence-corrected chi connectivity index (χ1v) is 10.2. The van der Waals surface area contributed by atoms with Crippen LogP contribution in [0.2, 0.25) is 10.0 Å². The number of pyridine rings is 1. The summed E-state index contributed by atoms with van der Waals surface area (Å²) in [7, 11) is 0. The first-order valence-electron chi connectivity index (χ1n) is 9.44. The van der Waals surface area contributed by atoms with Crippen molar-refractivity contribution >= 4 is 46.2 Å². The first-order chi connectivity index (χ1) is 14.4. The Bertz CT molecular complexity index is 1060. The smallest absolute Gasteiger partial charge is 0.258 e. The number of nitrogens with one attached hydrogen (secondary N) is 2. The lowest BCUT2D eigenvalue weighted by Crippen LogP contribution is -2.15. The fourth-order valence-corrected chi connectivity index (χ4v) is 3.33. The Balaban J connectivity index is 1.96. The molecule has 0 spiro atoms. The zero-order valence-electron chi connectivity index (χ0n) is 16.9. The summed E-state index contributed by atoms with van der Waals surface area (Å²) in [5, 5.41) is 6.98. The highest BCUT2D eigenvalue weighted by Crippen LogP contribution is 2.35. The predicted octanol–water partition coefficient (Wildman–Crippen LogP) is 6.44. The number of oxazole rings is 1. The molecule has 6 nitrogen and oxygen atoms in total. The van der Waals surface area contributed by atoms with E-state index < -0.39 is 0 Å². The number of nitrogens with zero attached hydrogens (tertiary/aromatic N) is 2. The van der Waals surface area contributed by atoms with Gasteiger partial charge in [0, 0.05) is 22.5 Å². The Kier molecular flexibility index (Phi) is 7.13. The molecule has 0 saturated heterocycles. The summed E-state index contributed by atoms with van der Waals surface area (Å²) in [6, 6.07) is 6.86. The van der Waals surface area contributed by atoms with Crippen LogP contribution >= 0.6 is 23.2 Å². The lowest BCUT2D eigenvalue weighted by atomic mass is 9.99. The first kappa shape index (κ1) is 21.9. The fourth-order valence-electron chi connectivity index (χ4n) is 2.83. The number of aromatic nitrogens is 2. The average Bonchev–Trinajstić information content (AvgIpc) is 3.26. The molecule has 0 radical (unpaired) electrons. The van der Waals surface area contributed by atoms with Crippen LogP contribution in [0.5, 0.6) is 0 Å². The van der Waals surface area contributed by atoms with Crippen molar-refractivity contribution in [3.05, 3.63) is 75.6 Å². The SMILES string of the molecule is CCC(C)=C(C)c1c(NCc2cnco2)ncc(C(=O)Nc2ccc(Cl)cc2)c1Cl. The lowest BCUT2D eigenvalue weighted by Gasteiger charge is -2.17. The molecule has 0 saturated carbocycles. The Labute approximate surface area is 185 Å². The molecular formula is C22H22Cl2N4O2. The topological polar surface area (TPSA) is 80.1 Å². The molecule has 0 aliphatic heterocycles. The quantitative estimate of drug-likeness (QED) is 0.437. The van der Waals surface area contributed by atoms with Gasteiger partial charge in [-0.15, -0.1) is 0 Å². The van der Waals surface area contributed by atoms with Crippen LogP contribution in [-0.4, -0.2) is 15.9 Å². The van der Waals surface area contributed by atoms with Gasteiger partial charge in [-0.05, 0) is 50.1 Å². The minimum absolute atomic E-state index is 0.287. The molecule has 0 aliphatic carbocycles. The molecule has 3 aromatic rings. The van der Waals surface area contributed by atoms with E-state index in [1.165, 1.54) is 12.6 Å². The number of halogens is 2. The van der Waals surface area contributed by atoms with E-state index in [-0.39, 0.29) is 11.5 Å². The third-order valence-corrected chi connectivity index (χ3v) is 5.47. The molecule has 156 valence electrons. The summed E-state index contributed by atoms with van der Waals surface area (Å²) < 4.78 is 5.27. The normalized spacial score (nSPS) is 11.8. The van der Waals surface area contributed by atoms with Gasteiger partial charge in [-0.25, -0.2) is 9.97 Å². The molecule has 1 aromatic carbocycles. The van der Waals surface area contributed by atoms with Gasteiger partial charge in [0.05, 0.1) is 23.3 Å². The van der Waals surface area contributed by atoms with Crippen molar-refractivity contribution < 1.29 is 9.21 Å². The van der Waals surface area contributed by atoms with Crippen LogP contribution in [0.4, 0.5) is 11.5 Å². The molecule has 0 atom stereocenters. The van der Waals surface area contributed by atoms with Gasteiger partial charge < -0.3 is 15.1 Å². The minimum Gasteiger partial charge on any atom is -0.447 e.